The van der Waals surface area contributed by atoms with Gasteiger partial charge < -0.3 is 5.32 Å². The van der Waals surface area contributed by atoms with Crippen molar-refractivity contribution < 1.29 is 4.79 Å². The summed E-state index contributed by atoms with van der Waals surface area (Å²) < 4.78 is 1.36. The molecule has 0 bridgehead atoms. The van der Waals surface area contributed by atoms with Crippen molar-refractivity contribution in [3.63, 3.8) is 0 Å². The number of nitrogens with one attached hydrogen (secondary N) is 1. The van der Waals surface area contributed by atoms with Crippen LogP contribution in [-0.4, -0.2) is 22.0 Å². The van der Waals surface area contributed by atoms with Crippen LogP contribution in [0.15, 0.2) is 40.8 Å². The van der Waals surface area contributed by atoms with Gasteiger partial charge in [-0.15, -0.1) is 11.3 Å². The second-order valence-corrected chi connectivity index (χ2v) is 6.18. The predicted octanol–water partition coefficient (Wildman–Crippen LogP) is 2.57. The summed E-state index contributed by atoms with van der Waals surface area (Å²) in [7, 11) is 0. The third-order valence-corrected chi connectivity index (χ3v) is 4.50. The lowest BCUT2D eigenvalue weighted by molar-refractivity contribution is -0.121. The minimum atomic E-state index is -0.192. The number of aryl methyl sites for hydroxylation is 1. The summed E-state index contributed by atoms with van der Waals surface area (Å²) >= 11 is 1.44. The maximum Gasteiger partial charge on any atom is 0.263 e. The number of nitrogens with zero attached hydrogens (tertiary/aromatic N) is 2. The lowest BCUT2D eigenvalue weighted by Gasteiger charge is -2.06. The van der Waals surface area contributed by atoms with Crippen LogP contribution in [0, 0.1) is 6.92 Å². The van der Waals surface area contributed by atoms with Gasteiger partial charge in [-0.1, -0.05) is 29.8 Å². The first-order chi connectivity index (χ1) is 11.1. The van der Waals surface area contributed by atoms with E-state index in [0.717, 1.165) is 11.1 Å². The third kappa shape index (κ3) is 3.03. The highest BCUT2D eigenvalue weighted by atomic mass is 32.1. The van der Waals surface area contributed by atoms with Crippen molar-refractivity contribution in [1.82, 2.24) is 14.9 Å². The predicted molar refractivity (Wildman–Crippen MR) is 92.7 cm³/mol. The highest BCUT2D eigenvalue weighted by Gasteiger charge is 2.14. The number of thiophene rings is 1. The van der Waals surface area contributed by atoms with Crippen LogP contribution in [0.3, 0.4) is 0 Å². The van der Waals surface area contributed by atoms with E-state index in [1.165, 1.54) is 27.8 Å². The molecule has 118 valence electrons. The Bertz CT molecular complexity index is 910. The van der Waals surface area contributed by atoms with E-state index >= 15 is 0 Å². The Morgan fingerprint density at radius 3 is 2.74 bits per heavy atom. The molecule has 0 aliphatic carbocycles. The number of amides is 1. The van der Waals surface area contributed by atoms with E-state index in [9.17, 15) is 9.59 Å². The second kappa shape index (κ2) is 6.34. The van der Waals surface area contributed by atoms with E-state index < -0.39 is 0 Å². The van der Waals surface area contributed by atoms with Gasteiger partial charge in [-0.2, -0.15) is 0 Å². The molecule has 0 spiro atoms. The summed E-state index contributed by atoms with van der Waals surface area (Å²) in [6.07, 6.45) is 1.44. The molecule has 0 radical (unpaired) electrons. The third-order valence-electron chi connectivity index (χ3n) is 3.61. The molecule has 0 fully saturated rings. The number of rotatable bonds is 4. The molecule has 0 aliphatic rings. The van der Waals surface area contributed by atoms with Crippen molar-refractivity contribution in [2.75, 3.05) is 6.54 Å². The van der Waals surface area contributed by atoms with E-state index in [0.29, 0.717) is 16.8 Å². The Morgan fingerprint density at radius 1 is 1.30 bits per heavy atom. The average molecular weight is 327 g/mol. The quantitative estimate of drug-likeness (QED) is 0.801. The minimum absolute atomic E-state index is 0.0151. The first kappa shape index (κ1) is 15.4. The topological polar surface area (TPSA) is 64.0 Å². The van der Waals surface area contributed by atoms with Crippen LogP contribution in [0.1, 0.15) is 12.5 Å². The van der Waals surface area contributed by atoms with Gasteiger partial charge in [0.1, 0.15) is 11.4 Å². The Balaban J connectivity index is 2.09. The molecule has 1 amide bonds. The van der Waals surface area contributed by atoms with Crippen LogP contribution < -0.4 is 10.9 Å². The van der Waals surface area contributed by atoms with Gasteiger partial charge in [0, 0.05) is 17.5 Å². The number of carbonyl (C=O) groups is 1. The molecule has 3 aromatic rings. The summed E-state index contributed by atoms with van der Waals surface area (Å²) in [5, 5.41) is 5.21. The fourth-order valence-electron chi connectivity index (χ4n) is 2.43. The maximum absolute atomic E-state index is 12.7. The van der Waals surface area contributed by atoms with Crippen molar-refractivity contribution in [2.45, 2.75) is 20.4 Å². The Morgan fingerprint density at radius 2 is 2.04 bits per heavy atom. The van der Waals surface area contributed by atoms with Crippen LogP contribution in [0.4, 0.5) is 0 Å². The van der Waals surface area contributed by atoms with Gasteiger partial charge in [-0.3, -0.25) is 14.2 Å². The normalized spacial score (nSPS) is 10.9. The summed E-state index contributed by atoms with van der Waals surface area (Å²) in [5.74, 6) is -0.192. The zero-order chi connectivity index (χ0) is 16.4. The van der Waals surface area contributed by atoms with Crippen LogP contribution in [0.2, 0.25) is 0 Å². The van der Waals surface area contributed by atoms with Gasteiger partial charge >= 0.3 is 0 Å². The van der Waals surface area contributed by atoms with Gasteiger partial charge in [0.2, 0.25) is 5.91 Å². The Labute approximate surface area is 137 Å². The van der Waals surface area contributed by atoms with Gasteiger partial charge in [-0.05, 0) is 19.4 Å². The van der Waals surface area contributed by atoms with Crippen molar-refractivity contribution >= 4 is 27.5 Å². The number of hydrogen-bond acceptors (Lipinski definition) is 4. The largest absolute Gasteiger partial charge is 0.355 e. The zero-order valence-electron chi connectivity index (χ0n) is 13.0. The SMILES string of the molecule is CCNC(=O)Cn1cnc2scc(-c3ccc(C)cc3)c2c1=O. The Hall–Kier alpha value is -2.47. The summed E-state index contributed by atoms with van der Waals surface area (Å²) in [4.78, 5) is 29.5. The molecule has 23 heavy (non-hydrogen) atoms. The molecule has 3 rings (SSSR count). The fourth-order valence-corrected chi connectivity index (χ4v) is 3.34. The van der Waals surface area contributed by atoms with Crippen LogP contribution in [0.5, 0.6) is 0 Å². The standard InChI is InChI=1S/C17H17N3O2S/c1-3-18-14(21)8-20-10-19-16-15(17(20)22)13(9-23-16)12-6-4-11(2)5-7-12/h4-7,9-10H,3,8H2,1-2H3,(H,18,21). The molecule has 0 unspecified atom stereocenters. The number of likely N-dealkylation sites (N-methyl/N-ethyl adjacent to an activating group) is 1. The summed E-state index contributed by atoms with van der Waals surface area (Å²) in [6, 6.07) is 8.03. The number of aromatic nitrogens is 2. The molecule has 0 aliphatic heterocycles. The van der Waals surface area contributed by atoms with E-state index in [4.69, 9.17) is 0 Å². The van der Waals surface area contributed by atoms with E-state index in [1.54, 1.807) is 0 Å². The van der Waals surface area contributed by atoms with Crippen LogP contribution >= 0.6 is 11.3 Å². The Kier molecular flexibility index (Phi) is 4.25. The molecular formula is C17H17N3O2S. The van der Waals surface area contributed by atoms with Gasteiger partial charge in [0.05, 0.1) is 11.7 Å². The second-order valence-electron chi connectivity index (χ2n) is 5.33. The lowest BCUT2D eigenvalue weighted by Crippen LogP contribution is -2.32. The zero-order valence-corrected chi connectivity index (χ0v) is 13.8. The van der Waals surface area contributed by atoms with E-state index in [-0.39, 0.29) is 18.0 Å². The monoisotopic (exact) mass is 327 g/mol. The highest BCUT2D eigenvalue weighted by Crippen LogP contribution is 2.30. The van der Waals surface area contributed by atoms with Gasteiger partial charge in [-0.25, -0.2) is 4.98 Å². The number of hydrogen-bond donors (Lipinski definition) is 1. The maximum atomic E-state index is 12.7. The summed E-state index contributed by atoms with van der Waals surface area (Å²) in [6.45, 7) is 4.39. The molecule has 2 aromatic heterocycles. The molecule has 5 nitrogen and oxygen atoms in total. The number of carbonyl (C=O) groups excluding carboxylic acids is 1. The first-order valence-electron chi connectivity index (χ1n) is 7.40. The van der Waals surface area contributed by atoms with Crippen LogP contribution in [-0.2, 0) is 11.3 Å². The van der Waals surface area contributed by atoms with Crippen molar-refractivity contribution in [2.24, 2.45) is 0 Å². The van der Waals surface area contributed by atoms with Crippen molar-refractivity contribution in [3.8, 4) is 11.1 Å². The lowest BCUT2D eigenvalue weighted by atomic mass is 10.1. The molecule has 2 heterocycles. The first-order valence-corrected chi connectivity index (χ1v) is 8.28. The average Bonchev–Trinajstić information content (AvgIpc) is 2.96. The van der Waals surface area contributed by atoms with E-state index in [2.05, 4.69) is 10.3 Å². The number of fused-ring (bicyclic) bond motifs is 1. The molecule has 0 atom stereocenters. The molecular weight excluding hydrogens is 310 g/mol. The van der Waals surface area contributed by atoms with Crippen molar-refractivity contribution in [1.29, 1.82) is 0 Å². The van der Waals surface area contributed by atoms with Gasteiger partial charge in [0.15, 0.2) is 0 Å². The molecule has 1 aromatic carbocycles. The van der Waals surface area contributed by atoms with Gasteiger partial charge in [0.25, 0.3) is 5.56 Å². The highest BCUT2D eigenvalue weighted by molar-refractivity contribution is 7.17. The molecule has 0 saturated heterocycles. The smallest absolute Gasteiger partial charge is 0.263 e. The molecule has 1 N–H and O–H groups in total. The van der Waals surface area contributed by atoms with Crippen molar-refractivity contribution in [3.05, 3.63) is 51.9 Å². The van der Waals surface area contributed by atoms with Crippen LogP contribution in [0.25, 0.3) is 21.3 Å². The summed E-state index contributed by atoms with van der Waals surface area (Å²) in [5.41, 5.74) is 2.84. The molecule has 0 saturated carbocycles. The fraction of sp³-hybridized carbons (Fsp3) is 0.235. The molecule has 6 heteroatoms. The van der Waals surface area contributed by atoms with E-state index in [1.807, 2.05) is 43.5 Å². The minimum Gasteiger partial charge on any atom is -0.355 e. The number of benzene rings is 1.